The summed E-state index contributed by atoms with van der Waals surface area (Å²) in [5.41, 5.74) is 1.99. The molecule has 0 radical (unpaired) electrons. The third kappa shape index (κ3) is 7.66. The lowest BCUT2D eigenvalue weighted by Crippen LogP contribution is -2.42. The lowest BCUT2D eigenvalue weighted by molar-refractivity contribution is -0.144. The van der Waals surface area contributed by atoms with Crippen LogP contribution in [0.5, 0.6) is 17.2 Å². The number of ketones is 1. The molecule has 0 saturated heterocycles. The van der Waals surface area contributed by atoms with Gasteiger partial charge in [-0.05, 0) is 54.9 Å². The molecular formula is C29H37NO7S. The van der Waals surface area contributed by atoms with Crippen molar-refractivity contribution in [1.29, 1.82) is 0 Å². The Bertz CT molecular complexity index is 1070. The summed E-state index contributed by atoms with van der Waals surface area (Å²) in [7, 11) is 4.39. The van der Waals surface area contributed by atoms with E-state index >= 15 is 0 Å². The Morgan fingerprint density at radius 1 is 0.921 bits per heavy atom. The van der Waals surface area contributed by atoms with Crippen molar-refractivity contribution in [2.75, 3.05) is 39.9 Å². The molecule has 1 amide bonds. The zero-order valence-electron chi connectivity index (χ0n) is 22.5. The first-order valence-electron chi connectivity index (χ1n) is 12.8. The van der Waals surface area contributed by atoms with Crippen molar-refractivity contribution < 1.29 is 33.3 Å². The number of methoxy groups -OCH3 is 3. The number of ether oxygens (including phenoxy) is 4. The van der Waals surface area contributed by atoms with Crippen LogP contribution in [-0.2, 0) is 9.53 Å². The Morgan fingerprint density at radius 3 is 2.11 bits per heavy atom. The first-order chi connectivity index (χ1) is 18.4. The minimum atomic E-state index is -0.921. The van der Waals surface area contributed by atoms with Crippen LogP contribution in [0, 0.1) is 0 Å². The molecule has 3 rings (SSSR count). The number of carbonyl (C=O) groups is 3. The monoisotopic (exact) mass is 543 g/mol. The third-order valence-corrected chi connectivity index (χ3v) is 7.43. The molecule has 1 atom stereocenters. The first-order valence-corrected chi connectivity index (χ1v) is 14.2. The van der Waals surface area contributed by atoms with Gasteiger partial charge in [0, 0.05) is 11.1 Å². The van der Waals surface area contributed by atoms with E-state index in [1.54, 1.807) is 12.1 Å². The largest absolute Gasteiger partial charge is 0.493 e. The number of amides is 1. The molecule has 9 heteroatoms. The minimum absolute atomic E-state index is 0.232. The number of Topliss-reactive ketones (excluding diaryl/α,β-unsaturated/α-hetero) is 1. The van der Waals surface area contributed by atoms with Crippen LogP contribution in [0.2, 0.25) is 0 Å². The molecule has 1 saturated carbocycles. The number of hydrogen-bond donors (Lipinski definition) is 1. The predicted molar refractivity (Wildman–Crippen MR) is 148 cm³/mol. The Kier molecular flexibility index (Phi) is 11.3. The van der Waals surface area contributed by atoms with Gasteiger partial charge in [-0.3, -0.25) is 9.59 Å². The molecule has 0 aromatic heterocycles. The van der Waals surface area contributed by atoms with Crippen molar-refractivity contribution >= 4 is 29.4 Å². The zero-order chi connectivity index (χ0) is 27.5. The average molecular weight is 544 g/mol. The highest BCUT2D eigenvalue weighted by molar-refractivity contribution is 7.98. The summed E-state index contributed by atoms with van der Waals surface area (Å²) in [6, 6.07) is 9.71. The molecular weight excluding hydrogens is 506 g/mol. The third-order valence-electron chi connectivity index (χ3n) is 6.78. The molecule has 0 spiro atoms. The highest BCUT2D eigenvalue weighted by Crippen LogP contribution is 2.38. The maximum atomic E-state index is 13.0. The van der Waals surface area contributed by atoms with Crippen LogP contribution in [0.25, 0.3) is 0 Å². The molecule has 0 aliphatic heterocycles. The summed E-state index contributed by atoms with van der Waals surface area (Å²) < 4.78 is 21.3. The van der Waals surface area contributed by atoms with Crippen molar-refractivity contribution in [2.45, 2.75) is 50.5 Å². The van der Waals surface area contributed by atoms with Crippen molar-refractivity contribution in [1.82, 2.24) is 5.32 Å². The number of nitrogens with one attached hydrogen (secondary N) is 1. The molecule has 2 aromatic rings. The van der Waals surface area contributed by atoms with E-state index in [0.29, 0.717) is 40.9 Å². The number of thioether (sulfide) groups is 1. The predicted octanol–water partition coefficient (Wildman–Crippen LogP) is 5.04. The summed E-state index contributed by atoms with van der Waals surface area (Å²) in [5.74, 6) is 0.719. The van der Waals surface area contributed by atoms with Crippen LogP contribution in [0.3, 0.4) is 0 Å². The second-order valence-electron chi connectivity index (χ2n) is 9.21. The number of esters is 1. The van der Waals surface area contributed by atoms with Gasteiger partial charge < -0.3 is 24.3 Å². The topological polar surface area (TPSA) is 100 Å². The Morgan fingerprint density at radius 2 is 1.55 bits per heavy atom. The number of rotatable bonds is 13. The fraction of sp³-hybridized carbons (Fsp3) is 0.483. The van der Waals surface area contributed by atoms with Gasteiger partial charge in [0.2, 0.25) is 5.75 Å². The molecule has 1 aliphatic carbocycles. The second-order valence-corrected chi connectivity index (χ2v) is 10.2. The zero-order valence-corrected chi connectivity index (χ0v) is 23.4. The van der Waals surface area contributed by atoms with E-state index in [1.165, 1.54) is 82.9 Å². The van der Waals surface area contributed by atoms with Crippen molar-refractivity contribution in [3.63, 3.8) is 0 Å². The minimum Gasteiger partial charge on any atom is -0.493 e. The molecule has 0 heterocycles. The standard InChI is InChI=1S/C29H37NO7S/c1-34-25-16-22(17-26(35-2)27(25)36-3)28(32)30-23(14-15-38-4)29(33)37-18-24(31)21-12-10-20(11-13-21)19-8-6-5-7-9-19/h10-13,16-17,19,23H,5-9,14-15,18H2,1-4H3,(H,30,32)/t23-/m1/s1. The van der Waals surface area contributed by atoms with E-state index < -0.39 is 24.5 Å². The Balaban J connectivity index is 1.63. The Labute approximate surface area is 228 Å². The fourth-order valence-corrected chi connectivity index (χ4v) is 5.11. The molecule has 8 nitrogen and oxygen atoms in total. The quantitative estimate of drug-likeness (QED) is 0.277. The van der Waals surface area contributed by atoms with Crippen LogP contribution < -0.4 is 19.5 Å². The van der Waals surface area contributed by atoms with E-state index in [1.807, 2.05) is 18.4 Å². The van der Waals surface area contributed by atoms with Crippen molar-refractivity contribution in [2.24, 2.45) is 0 Å². The Hall–Kier alpha value is -3.20. The SMILES string of the molecule is COc1cc(C(=O)N[C@H](CCSC)C(=O)OCC(=O)c2ccc(C3CCCCC3)cc2)cc(OC)c1OC. The van der Waals surface area contributed by atoms with Gasteiger partial charge in [-0.25, -0.2) is 4.79 Å². The van der Waals surface area contributed by atoms with Crippen molar-refractivity contribution in [3.05, 3.63) is 53.1 Å². The van der Waals surface area contributed by atoms with Gasteiger partial charge in [-0.2, -0.15) is 11.8 Å². The molecule has 2 aromatic carbocycles. The van der Waals surface area contributed by atoms with Gasteiger partial charge in [0.05, 0.1) is 21.3 Å². The van der Waals surface area contributed by atoms with Gasteiger partial charge >= 0.3 is 5.97 Å². The summed E-state index contributed by atoms with van der Waals surface area (Å²) >= 11 is 1.54. The fourth-order valence-electron chi connectivity index (χ4n) is 4.64. The maximum Gasteiger partial charge on any atom is 0.329 e. The maximum absolute atomic E-state index is 13.0. The smallest absolute Gasteiger partial charge is 0.329 e. The van der Waals surface area contributed by atoms with E-state index in [9.17, 15) is 14.4 Å². The molecule has 0 unspecified atom stereocenters. The summed E-state index contributed by atoms with van der Waals surface area (Å²) in [4.78, 5) is 38.6. The molecule has 38 heavy (non-hydrogen) atoms. The molecule has 206 valence electrons. The molecule has 1 aliphatic rings. The number of carbonyl (C=O) groups excluding carboxylic acids is 3. The van der Waals surface area contributed by atoms with Gasteiger partial charge in [0.25, 0.3) is 5.91 Å². The highest BCUT2D eigenvalue weighted by atomic mass is 32.2. The van der Waals surface area contributed by atoms with E-state index in [4.69, 9.17) is 18.9 Å². The van der Waals surface area contributed by atoms with Crippen LogP contribution >= 0.6 is 11.8 Å². The summed E-state index contributed by atoms with van der Waals surface area (Å²) in [5, 5.41) is 2.73. The first kappa shape index (κ1) is 29.4. The molecule has 0 bridgehead atoms. The van der Waals surface area contributed by atoms with Crippen molar-refractivity contribution in [3.8, 4) is 17.2 Å². The summed E-state index contributed by atoms with van der Waals surface area (Å²) in [6.45, 7) is -0.391. The van der Waals surface area contributed by atoms with Crippen LogP contribution in [-0.4, -0.2) is 63.6 Å². The van der Waals surface area contributed by atoms with E-state index in [-0.39, 0.29) is 11.3 Å². The highest BCUT2D eigenvalue weighted by Gasteiger charge is 2.25. The normalized spacial score (nSPS) is 14.3. The number of hydrogen-bond acceptors (Lipinski definition) is 8. The lowest BCUT2D eigenvalue weighted by atomic mass is 9.84. The van der Waals surface area contributed by atoms with E-state index in [0.717, 1.165) is 0 Å². The van der Waals surface area contributed by atoms with Gasteiger partial charge in [-0.15, -0.1) is 0 Å². The summed E-state index contributed by atoms with van der Waals surface area (Å²) in [6.07, 6.45) is 8.40. The van der Waals surface area contributed by atoms with Crippen LogP contribution in [0.1, 0.15) is 70.7 Å². The lowest BCUT2D eigenvalue weighted by Gasteiger charge is -2.22. The molecule has 1 fully saturated rings. The van der Waals surface area contributed by atoms with Crippen LogP contribution in [0.4, 0.5) is 0 Å². The average Bonchev–Trinajstić information content (AvgIpc) is 2.97. The van der Waals surface area contributed by atoms with Gasteiger partial charge in [0.15, 0.2) is 23.9 Å². The van der Waals surface area contributed by atoms with Gasteiger partial charge in [0.1, 0.15) is 6.04 Å². The molecule has 1 N–H and O–H groups in total. The van der Waals surface area contributed by atoms with Crippen LogP contribution in [0.15, 0.2) is 36.4 Å². The van der Waals surface area contributed by atoms with Gasteiger partial charge in [-0.1, -0.05) is 43.5 Å². The second kappa shape index (κ2) is 14.7. The number of benzene rings is 2. The van der Waals surface area contributed by atoms with E-state index in [2.05, 4.69) is 5.32 Å².